The fourth-order valence-electron chi connectivity index (χ4n) is 7.85. The maximum Gasteiger partial charge on any atom is -0.00259 e. The molecule has 0 nitrogen and oxygen atoms in total. The Balaban J connectivity index is 0.984. The van der Waals surface area contributed by atoms with E-state index in [1.165, 1.54) is 99.1 Å². The van der Waals surface area contributed by atoms with E-state index in [1.54, 1.807) is 0 Å². The second-order valence-corrected chi connectivity index (χ2v) is 12.9. The molecule has 0 heterocycles. The first-order valence-electron chi connectivity index (χ1n) is 16.7. The van der Waals surface area contributed by atoms with E-state index in [0.717, 1.165) is 0 Å². The predicted octanol–water partition coefficient (Wildman–Crippen LogP) is 13.5. The van der Waals surface area contributed by atoms with Crippen LogP contribution < -0.4 is 0 Å². The molecule has 10 rings (SSSR count). The van der Waals surface area contributed by atoms with E-state index in [1.807, 2.05) is 0 Å². The van der Waals surface area contributed by atoms with Crippen molar-refractivity contribution in [1.82, 2.24) is 0 Å². The highest BCUT2D eigenvalue weighted by molar-refractivity contribution is 6.16. The molecule has 0 heteroatoms. The largest absolute Gasteiger partial charge is 0.0622 e. The Morgan fingerprint density at radius 3 is 1.40 bits per heavy atom. The molecule has 0 fully saturated rings. The van der Waals surface area contributed by atoms with Crippen molar-refractivity contribution >= 4 is 32.3 Å². The maximum absolute atomic E-state index is 2.38. The van der Waals surface area contributed by atoms with E-state index in [2.05, 4.69) is 182 Å². The Kier molecular flexibility index (Phi) is 5.98. The molecule has 0 unspecified atom stereocenters. The molecule has 9 aromatic rings. The van der Waals surface area contributed by atoms with Gasteiger partial charge in [0.2, 0.25) is 0 Å². The molecule has 0 amide bonds. The first-order chi connectivity index (χ1) is 23.8. The van der Waals surface area contributed by atoms with E-state index in [0.29, 0.717) is 0 Å². The third-order valence-corrected chi connectivity index (χ3v) is 10.2. The van der Waals surface area contributed by atoms with E-state index < -0.39 is 0 Å². The lowest BCUT2D eigenvalue weighted by atomic mass is 9.91. The number of hydrogen-bond donors (Lipinski definition) is 0. The fourth-order valence-corrected chi connectivity index (χ4v) is 7.85. The number of fused-ring (bicyclic) bond motifs is 5. The van der Waals surface area contributed by atoms with Gasteiger partial charge in [-0.1, -0.05) is 158 Å². The highest BCUT2D eigenvalue weighted by Crippen LogP contribution is 2.48. The summed E-state index contributed by atoms with van der Waals surface area (Å²) < 4.78 is 0. The molecule has 0 N–H and O–H groups in total. The SMILES string of the molecule is c1ccc(-c2ccc(-c3ccc(-c4ccc5cc(-c6cc7c8c(cccc8c6)-c6ccccc6-7)ccc5c4)cc3)c3ccccc23)cc1. The molecular weight excluding hydrogens is 577 g/mol. The predicted molar refractivity (Wildman–Crippen MR) is 205 cm³/mol. The van der Waals surface area contributed by atoms with Gasteiger partial charge in [-0.25, -0.2) is 0 Å². The smallest absolute Gasteiger partial charge is 0.00259 e. The molecule has 0 saturated heterocycles. The average Bonchev–Trinajstić information content (AvgIpc) is 3.49. The van der Waals surface area contributed by atoms with E-state index in [4.69, 9.17) is 0 Å². The monoisotopic (exact) mass is 606 g/mol. The summed E-state index contributed by atoms with van der Waals surface area (Å²) in [5, 5.41) is 7.73. The van der Waals surface area contributed by atoms with Gasteiger partial charge in [0.25, 0.3) is 0 Å². The van der Waals surface area contributed by atoms with Gasteiger partial charge in [0.1, 0.15) is 0 Å². The summed E-state index contributed by atoms with van der Waals surface area (Å²) in [5.74, 6) is 0. The third-order valence-electron chi connectivity index (χ3n) is 10.2. The molecule has 0 aliphatic heterocycles. The average molecular weight is 607 g/mol. The molecular formula is C48H30. The second-order valence-electron chi connectivity index (χ2n) is 12.9. The van der Waals surface area contributed by atoms with Crippen LogP contribution in [-0.4, -0.2) is 0 Å². The maximum atomic E-state index is 2.38. The lowest BCUT2D eigenvalue weighted by molar-refractivity contribution is 1.61. The Labute approximate surface area is 280 Å². The highest BCUT2D eigenvalue weighted by Gasteiger charge is 2.21. The summed E-state index contributed by atoms with van der Waals surface area (Å²) in [7, 11) is 0. The normalized spacial score (nSPS) is 11.8. The van der Waals surface area contributed by atoms with Crippen molar-refractivity contribution in [3.63, 3.8) is 0 Å². The van der Waals surface area contributed by atoms with Crippen LogP contribution in [0.15, 0.2) is 182 Å². The lowest BCUT2D eigenvalue weighted by Gasteiger charge is -2.13. The molecule has 9 aromatic carbocycles. The summed E-state index contributed by atoms with van der Waals surface area (Å²) >= 11 is 0. The molecule has 0 aromatic heterocycles. The van der Waals surface area contributed by atoms with Crippen molar-refractivity contribution in [2.75, 3.05) is 0 Å². The second kappa shape index (κ2) is 10.7. The molecule has 0 bridgehead atoms. The summed E-state index contributed by atoms with van der Waals surface area (Å²) in [6, 6.07) is 66.9. The molecule has 1 aliphatic rings. The van der Waals surface area contributed by atoms with Crippen LogP contribution in [0.3, 0.4) is 0 Å². The Bertz CT molecular complexity index is 2700. The Morgan fingerprint density at radius 1 is 0.208 bits per heavy atom. The first kappa shape index (κ1) is 26.9. The van der Waals surface area contributed by atoms with Crippen LogP contribution in [0.1, 0.15) is 0 Å². The van der Waals surface area contributed by atoms with Crippen LogP contribution in [-0.2, 0) is 0 Å². The molecule has 0 spiro atoms. The van der Waals surface area contributed by atoms with Gasteiger partial charge in [0, 0.05) is 0 Å². The van der Waals surface area contributed by atoms with Crippen LogP contribution in [0, 0.1) is 0 Å². The van der Waals surface area contributed by atoms with Crippen molar-refractivity contribution in [3.05, 3.63) is 182 Å². The third kappa shape index (κ3) is 4.24. The van der Waals surface area contributed by atoms with Gasteiger partial charge >= 0.3 is 0 Å². The Morgan fingerprint density at radius 2 is 0.708 bits per heavy atom. The lowest BCUT2D eigenvalue weighted by Crippen LogP contribution is -1.87. The quantitative estimate of drug-likeness (QED) is 0.187. The molecule has 0 saturated carbocycles. The first-order valence-corrected chi connectivity index (χ1v) is 16.7. The summed E-state index contributed by atoms with van der Waals surface area (Å²) in [5.41, 5.74) is 15.3. The number of hydrogen-bond acceptors (Lipinski definition) is 0. The van der Waals surface area contributed by atoms with Crippen molar-refractivity contribution in [3.8, 4) is 66.8 Å². The van der Waals surface area contributed by atoms with Crippen molar-refractivity contribution < 1.29 is 0 Å². The summed E-state index contributed by atoms with van der Waals surface area (Å²) in [6.07, 6.45) is 0. The Hall–Kier alpha value is -6.24. The zero-order valence-electron chi connectivity index (χ0n) is 26.3. The zero-order valence-corrected chi connectivity index (χ0v) is 26.3. The minimum absolute atomic E-state index is 1.22. The number of rotatable bonds is 4. The molecule has 1 aliphatic carbocycles. The van der Waals surface area contributed by atoms with Gasteiger partial charge in [-0.05, 0) is 123 Å². The van der Waals surface area contributed by atoms with Crippen LogP contribution in [0.5, 0.6) is 0 Å². The van der Waals surface area contributed by atoms with Crippen LogP contribution in [0.25, 0.3) is 99.1 Å². The van der Waals surface area contributed by atoms with Gasteiger partial charge in [-0.3, -0.25) is 0 Å². The van der Waals surface area contributed by atoms with Gasteiger partial charge in [-0.15, -0.1) is 0 Å². The van der Waals surface area contributed by atoms with Gasteiger partial charge in [0.05, 0.1) is 0 Å². The molecule has 222 valence electrons. The van der Waals surface area contributed by atoms with Crippen molar-refractivity contribution in [2.45, 2.75) is 0 Å². The number of benzene rings is 9. The summed E-state index contributed by atoms with van der Waals surface area (Å²) in [6.45, 7) is 0. The minimum Gasteiger partial charge on any atom is -0.0622 e. The van der Waals surface area contributed by atoms with Crippen molar-refractivity contribution in [1.29, 1.82) is 0 Å². The van der Waals surface area contributed by atoms with E-state index in [9.17, 15) is 0 Å². The van der Waals surface area contributed by atoms with E-state index >= 15 is 0 Å². The minimum atomic E-state index is 1.22. The van der Waals surface area contributed by atoms with Gasteiger partial charge in [-0.2, -0.15) is 0 Å². The summed E-state index contributed by atoms with van der Waals surface area (Å²) in [4.78, 5) is 0. The van der Waals surface area contributed by atoms with Crippen LogP contribution in [0.2, 0.25) is 0 Å². The topological polar surface area (TPSA) is 0 Å². The molecule has 0 radical (unpaired) electrons. The van der Waals surface area contributed by atoms with Crippen molar-refractivity contribution in [2.24, 2.45) is 0 Å². The highest BCUT2D eigenvalue weighted by atomic mass is 14.2. The van der Waals surface area contributed by atoms with Crippen LogP contribution >= 0.6 is 0 Å². The van der Waals surface area contributed by atoms with Crippen LogP contribution in [0.4, 0.5) is 0 Å². The molecule has 0 atom stereocenters. The standard InChI is InChI=1S/C48H30/c1-2-9-32(10-3-1)40-25-26-41(43-13-5-4-12-42(40)43)33-19-17-31(18-20-33)34-21-22-36-28-37(24-23-35(36)27-34)39-29-38-11-8-16-46-44-14-6-7-15-45(44)47(30-39)48(38)46/h1-30H. The molecule has 48 heavy (non-hydrogen) atoms. The van der Waals surface area contributed by atoms with Gasteiger partial charge in [0.15, 0.2) is 0 Å². The fraction of sp³-hybridized carbons (Fsp3) is 0. The zero-order chi connectivity index (χ0) is 31.6. The van der Waals surface area contributed by atoms with Gasteiger partial charge < -0.3 is 0 Å². The van der Waals surface area contributed by atoms with E-state index in [-0.39, 0.29) is 0 Å².